The first kappa shape index (κ1) is 13.4. The number of nitrogens with one attached hydrogen (secondary N) is 2. The number of amides is 1. The van der Waals surface area contributed by atoms with Gasteiger partial charge in [-0.2, -0.15) is 0 Å². The number of aryl methyl sites for hydroxylation is 1. The molecule has 0 aliphatic rings. The number of nitrogens with zero attached hydrogens (tertiary/aromatic N) is 1. The molecule has 5 heteroatoms. The molecule has 1 aromatic heterocycles. The lowest BCUT2D eigenvalue weighted by molar-refractivity contribution is 0.194. The van der Waals surface area contributed by atoms with E-state index in [1.165, 1.54) is 5.56 Å². The van der Waals surface area contributed by atoms with Gasteiger partial charge in [-0.05, 0) is 37.9 Å². The topological polar surface area (TPSA) is 74.2 Å². The maximum absolute atomic E-state index is 10.2. The number of aromatic nitrogens is 1. The number of carboxylic acid groups (broad SMARTS) is 1. The molecule has 0 atom stereocenters. The molecule has 0 radical (unpaired) electrons. The molecule has 17 heavy (non-hydrogen) atoms. The van der Waals surface area contributed by atoms with Crippen LogP contribution in [-0.4, -0.2) is 29.3 Å². The van der Waals surface area contributed by atoms with Crippen LogP contribution in [0.1, 0.15) is 24.1 Å². The van der Waals surface area contributed by atoms with Gasteiger partial charge in [0.25, 0.3) is 0 Å². The minimum absolute atomic E-state index is 0.514. The number of rotatable bonds is 7. The number of hydrogen-bond acceptors (Lipinski definition) is 3. The summed E-state index contributed by atoms with van der Waals surface area (Å²) in [7, 11) is 0. The Labute approximate surface area is 101 Å². The largest absolute Gasteiger partial charge is 0.465 e. The van der Waals surface area contributed by atoms with Gasteiger partial charge in [0.2, 0.25) is 0 Å². The molecule has 0 spiro atoms. The van der Waals surface area contributed by atoms with Crippen molar-refractivity contribution in [2.75, 3.05) is 13.1 Å². The van der Waals surface area contributed by atoms with Crippen LogP contribution in [0.15, 0.2) is 18.3 Å². The lowest BCUT2D eigenvalue weighted by Crippen LogP contribution is -2.23. The van der Waals surface area contributed by atoms with Crippen molar-refractivity contribution in [2.24, 2.45) is 0 Å². The predicted octanol–water partition coefficient (Wildman–Crippen LogP) is 1.53. The summed E-state index contributed by atoms with van der Waals surface area (Å²) in [5.41, 5.74) is 2.25. The van der Waals surface area contributed by atoms with Crippen LogP contribution in [0.2, 0.25) is 0 Å². The van der Waals surface area contributed by atoms with Gasteiger partial charge in [-0.25, -0.2) is 4.79 Å². The molecule has 0 aliphatic carbocycles. The average molecular weight is 237 g/mol. The van der Waals surface area contributed by atoms with Crippen LogP contribution in [-0.2, 0) is 6.54 Å². The molecular weight excluding hydrogens is 218 g/mol. The van der Waals surface area contributed by atoms with Gasteiger partial charge in [-0.1, -0.05) is 6.07 Å². The van der Waals surface area contributed by atoms with Crippen LogP contribution in [0.5, 0.6) is 0 Å². The number of hydrogen-bond donors (Lipinski definition) is 3. The average Bonchev–Trinajstić information content (AvgIpc) is 2.30. The van der Waals surface area contributed by atoms with Crippen molar-refractivity contribution >= 4 is 6.09 Å². The van der Waals surface area contributed by atoms with Gasteiger partial charge in [0, 0.05) is 19.3 Å². The first-order valence-corrected chi connectivity index (χ1v) is 5.78. The third-order valence-corrected chi connectivity index (χ3v) is 2.47. The minimum atomic E-state index is -0.956. The second-order valence-electron chi connectivity index (χ2n) is 3.88. The third-order valence-electron chi connectivity index (χ3n) is 2.47. The number of unbranched alkanes of at least 4 members (excludes halogenated alkanes) is 1. The third kappa shape index (κ3) is 5.87. The molecule has 3 N–H and O–H groups in total. The molecule has 1 heterocycles. The van der Waals surface area contributed by atoms with Crippen LogP contribution in [0, 0.1) is 6.92 Å². The van der Waals surface area contributed by atoms with Crippen molar-refractivity contribution in [3.8, 4) is 0 Å². The normalized spacial score (nSPS) is 10.2. The summed E-state index contributed by atoms with van der Waals surface area (Å²) >= 11 is 0. The lowest BCUT2D eigenvalue weighted by atomic mass is 10.2. The Morgan fingerprint density at radius 3 is 2.88 bits per heavy atom. The molecule has 0 bridgehead atoms. The van der Waals surface area contributed by atoms with E-state index in [-0.39, 0.29) is 0 Å². The van der Waals surface area contributed by atoms with E-state index in [0.29, 0.717) is 6.54 Å². The molecule has 1 amide bonds. The molecule has 0 saturated heterocycles. The summed E-state index contributed by atoms with van der Waals surface area (Å²) in [6.45, 7) is 4.19. The van der Waals surface area contributed by atoms with Crippen LogP contribution >= 0.6 is 0 Å². The van der Waals surface area contributed by atoms with Gasteiger partial charge in [0.1, 0.15) is 0 Å². The molecule has 0 fully saturated rings. The standard InChI is InChI=1S/C12H19N3O2/c1-10-5-4-8-14-11(10)9-13-6-2-3-7-15-12(16)17/h4-5,8,13,15H,2-3,6-7,9H2,1H3,(H,16,17). The summed E-state index contributed by atoms with van der Waals surface area (Å²) in [4.78, 5) is 14.5. The Bertz CT molecular complexity index is 355. The highest BCUT2D eigenvalue weighted by Gasteiger charge is 1.98. The zero-order chi connectivity index (χ0) is 12.5. The smallest absolute Gasteiger partial charge is 0.404 e. The fraction of sp³-hybridized carbons (Fsp3) is 0.500. The van der Waals surface area contributed by atoms with Crippen molar-refractivity contribution in [2.45, 2.75) is 26.3 Å². The van der Waals surface area contributed by atoms with Crippen molar-refractivity contribution < 1.29 is 9.90 Å². The van der Waals surface area contributed by atoms with Crippen LogP contribution in [0.25, 0.3) is 0 Å². The van der Waals surface area contributed by atoms with E-state index in [2.05, 4.69) is 15.6 Å². The number of pyridine rings is 1. The molecule has 0 saturated carbocycles. The van der Waals surface area contributed by atoms with E-state index < -0.39 is 6.09 Å². The van der Waals surface area contributed by atoms with E-state index in [0.717, 1.165) is 31.6 Å². The van der Waals surface area contributed by atoms with Crippen LogP contribution < -0.4 is 10.6 Å². The molecule has 0 unspecified atom stereocenters. The lowest BCUT2D eigenvalue weighted by Gasteiger charge is -2.06. The van der Waals surface area contributed by atoms with Crippen molar-refractivity contribution in [1.82, 2.24) is 15.6 Å². The second kappa shape index (κ2) is 7.62. The van der Waals surface area contributed by atoms with Crippen molar-refractivity contribution in [3.05, 3.63) is 29.6 Å². The van der Waals surface area contributed by atoms with Gasteiger partial charge in [0.15, 0.2) is 0 Å². The van der Waals surface area contributed by atoms with E-state index in [1.807, 2.05) is 19.1 Å². The van der Waals surface area contributed by atoms with E-state index in [4.69, 9.17) is 5.11 Å². The van der Waals surface area contributed by atoms with Crippen molar-refractivity contribution in [3.63, 3.8) is 0 Å². The molecule has 0 aromatic carbocycles. The van der Waals surface area contributed by atoms with Gasteiger partial charge in [-0.15, -0.1) is 0 Å². The fourth-order valence-electron chi connectivity index (χ4n) is 1.48. The fourth-order valence-corrected chi connectivity index (χ4v) is 1.48. The zero-order valence-electron chi connectivity index (χ0n) is 10.1. The molecule has 1 rings (SSSR count). The maximum Gasteiger partial charge on any atom is 0.404 e. The van der Waals surface area contributed by atoms with E-state index in [9.17, 15) is 4.79 Å². The monoisotopic (exact) mass is 237 g/mol. The van der Waals surface area contributed by atoms with Gasteiger partial charge in [0.05, 0.1) is 5.69 Å². The zero-order valence-corrected chi connectivity index (χ0v) is 10.1. The molecule has 1 aromatic rings. The SMILES string of the molecule is Cc1cccnc1CNCCCCNC(=O)O. The molecule has 0 aliphatic heterocycles. The highest BCUT2D eigenvalue weighted by Crippen LogP contribution is 2.02. The van der Waals surface area contributed by atoms with Gasteiger partial charge < -0.3 is 15.7 Å². The second-order valence-corrected chi connectivity index (χ2v) is 3.88. The summed E-state index contributed by atoms with van der Waals surface area (Å²) in [6, 6.07) is 3.97. The van der Waals surface area contributed by atoms with Gasteiger partial charge in [-0.3, -0.25) is 4.98 Å². The Hall–Kier alpha value is -1.62. The Morgan fingerprint density at radius 1 is 1.41 bits per heavy atom. The molecule has 5 nitrogen and oxygen atoms in total. The molecule has 94 valence electrons. The van der Waals surface area contributed by atoms with Crippen LogP contribution in [0.3, 0.4) is 0 Å². The quantitative estimate of drug-likeness (QED) is 0.629. The summed E-state index contributed by atoms with van der Waals surface area (Å²) in [6.07, 6.45) is 2.63. The summed E-state index contributed by atoms with van der Waals surface area (Å²) < 4.78 is 0. The Balaban J connectivity index is 2.05. The summed E-state index contributed by atoms with van der Waals surface area (Å²) in [5, 5.41) is 14.0. The molecular formula is C12H19N3O2. The first-order valence-electron chi connectivity index (χ1n) is 5.78. The van der Waals surface area contributed by atoms with Gasteiger partial charge >= 0.3 is 6.09 Å². The van der Waals surface area contributed by atoms with E-state index in [1.54, 1.807) is 6.20 Å². The van der Waals surface area contributed by atoms with Crippen LogP contribution in [0.4, 0.5) is 4.79 Å². The first-order chi connectivity index (χ1) is 8.20. The highest BCUT2D eigenvalue weighted by molar-refractivity contribution is 5.64. The maximum atomic E-state index is 10.2. The summed E-state index contributed by atoms with van der Waals surface area (Å²) in [5.74, 6) is 0. The van der Waals surface area contributed by atoms with E-state index >= 15 is 0 Å². The Morgan fingerprint density at radius 2 is 2.18 bits per heavy atom. The Kier molecular flexibility index (Phi) is 6.03. The number of carbonyl (C=O) groups is 1. The minimum Gasteiger partial charge on any atom is -0.465 e. The predicted molar refractivity (Wildman–Crippen MR) is 65.9 cm³/mol. The highest BCUT2D eigenvalue weighted by atomic mass is 16.4. The van der Waals surface area contributed by atoms with Crippen molar-refractivity contribution in [1.29, 1.82) is 0 Å².